The van der Waals surface area contributed by atoms with Crippen molar-refractivity contribution in [2.75, 3.05) is 6.54 Å². The van der Waals surface area contributed by atoms with E-state index in [2.05, 4.69) is 42.6 Å². The van der Waals surface area contributed by atoms with Crippen LogP contribution >= 0.6 is 0 Å². The van der Waals surface area contributed by atoms with Crippen LogP contribution in [-0.2, 0) is 0 Å². The highest BCUT2D eigenvalue weighted by Crippen LogP contribution is 2.28. The van der Waals surface area contributed by atoms with Gasteiger partial charge in [0.05, 0.1) is 0 Å². The standard InChI is InChI=1S/C12H17N/c1-2-6-11(12-9-13-12)10-7-4-3-5-8-10/h3-5,7-8,11-13H,2,6,9H2,1H3. The molecule has 2 atom stereocenters. The van der Waals surface area contributed by atoms with Gasteiger partial charge in [0.1, 0.15) is 0 Å². The fraction of sp³-hybridized carbons (Fsp3) is 0.500. The van der Waals surface area contributed by atoms with Crippen molar-refractivity contribution in [3.8, 4) is 0 Å². The van der Waals surface area contributed by atoms with Crippen LogP contribution in [0.3, 0.4) is 0 Å². The van der Waals surface area contributed by atoms with Crippen LogP contribution in [0.2, 0.25) is 0 Å². The predicted molar refractivity (Wildman–Crippen MR) is 55.9 cm³/mol. The second-order valence-corrected chi connectivity index (χ2v) is 3.82. The van der Waals surface area contributed by atoms with Crippen molar-refractivity contribution in [1.82, 2.24) is 5.32 Å². The molecule has 0 radical (unpaired) electrons. The Morgan fingerprint density at radius 3 is 2.62 bits per heavy atom. The van der Waals surface area contributed by atoms with Crippen molar-refractivity contribution < 1.29 is 0 Å². The largest absolute Gasteiger partial charge is 0.311 e. The molecule has 2 rings (SSSR count). The van der Waals surface area contributed by atoms with E-state index in [0.29, 0.717) is 0 Å². The molecule has 1 heteroatoms. The monoisotopic (exact) mass is 175 g/mol. The van der Waals surface area contributed by atoms with Crippen LogP contribution in [0.5, 0.6) is 0 Å². The van der Waals surface area contributed by atoms with Gasteiger partial charge in [0, 0.05) is 18.5 Å². The van der Waals surface area contributed by atoms with E-state index in [1.54, 1.807) is 0 Å². The van der Waals surface area contributed by atoms with Crippen molar-refractivity contribution in [2.45, 2.75) is 31.7 Å². The molecule has 1 aromatic carbocycles. The number of hydrogen-bond acceptors (Lipinski definition) is 1. The summed E-state index contributed by atoms with van der Waals surface area (Å²) in [5.41, 5.74) is 1.50. The number of hydrogen-bond donors (Lipinski definition) is 1. The van der Waals surface area contributed by atoms with Gasteiger partial charge in [0.25, 0.3) is 0 Å². The van der Waals surface area contributed by atoms with E-state index < -0.39 is 0 Å². The second-order valence-electron chi connectivity index (χ2n) is 3.82. The van der Waals surface area contributed by atoms with Crippen molar-refractivity contribution in [2.24, 2.45) is 0 Å². The van der Waals surface area contributed by atoms with E-state index in [1.165, 1.54) is 24.9 Å². The van der Waals surface area contributed by atoms with Gasteiger partial charge in [-0.05, 0) is 12.0 Å². The lowest BCUT2D eigenvalue weighted by molar-refractivity contribution is 0.601. The predicted octanol–water partition coefficient (Wildman–Crippen LogP) is 2.54. The minimum atomic E-state index is 0.742. The molecule has 2 unspecified atom stereocenters. The molecule has 70 valence electrons. The van der Waals surface area contributed by atoms with E-state index in [-0.39, 0.29) is 0 Å². The van der Waals surface area contributed by atoms with Gasteiger partial charge in [-0.2, -0.15) is 0 Å². The van der Waals surface area contributed by atoms with E-state index in [4.69, 9.17) is 0 Å². The Morgan fingerprint density at radius 2 is 2.08 bits per heavy atom. The Hall–Kier alpha value is -0.820. The highest BCUT2D eigenvalue weighted by molar-refractivity contribution is 5.23. The van der Waals surface area contributed by atoms with E-state index in [0.717, 1.165) is 12.0 Å². The molecule has 1 heterocycles. The number of nitrogens with one attached hydrogen (secondary N) is 1. The molecule has 0 aromatic heterocycles. The summed E-state index contributed by atoms with van der Waals surface area (Å²) in [4.78, 5) is 0. The first kappa shape index (κ1) is 8.76. The molecule has 1 saturated heterocycles. The Balaban J connectivity index is 2.10. The van der Waals surface area contributed by atoms with E-state index in [9.17, 15) is 0 Å². The molecule has 0 saturated carbocycles. The molecule has 1 aliphatic heterocycles. The second kappa shape index (κ2) is 3.93. The lowest BCUT2D eigenvalue weighted by atomic mass is 9.91. The van der Waals surface area contributed by atoms with Crippen LogP contribution in [0.1, 0.15) is 31.2 Å². The van der Waals surface area contributed by atoms with Crippen LogP contribution in [0.25, 0.3) is 0 Å². The van der Waals surface area contributed by atoms with Gasteiger partial charge in [-0.25, -0.2) is 0 Å². The third-order valence-electron chi connectivity index (χ3n) is 2.75. The molecule has 0 spiro atoms. The molecule has 1 aromatic rings. The summed E-state index contributed by atoms with van der Waals surface area (Å²) < 4.78 is 0. The highest BCUT2D eigenvalue weighted by Gasteiger charge is 2.30. The first-order chi connectivity index (χ1) is 6.42. The lowest BCUT2D eigenvalue weighted by Crippen LogP contribution is -2.08. The zero-order valence-electron chi connectivity index (χ0n) is 8.16. The third-order valence-corrected chi connectivity index (χ3v) is 2.75. The zero-order valence-corrected chi connectivity index (χ0v) is 8.16. The van der Waals surface area contributed by atoms with Gasteiger partial charge in [-0.15, -0.1) is 0 Å². The lowest BCUT2D eigenvalue weighted by Gasteiger charge is -2.14. The molecule has 1 N–H and O–H groups in total. The van der Waals surface area contributed by atoms with Crippen molar-refractivity contribution in [3.63, 3.8) is 0 Å². The fourth-order valence-electron chi connectivity index (χ4n) is 1.96. The summed E-state index contributed by atoms with van der Waals surface area (Å²) in [5.74, 6) is 0.742. The maximum absolute atomic E-state index is 3.42. The fourth-order valence-corrected chi connectivity index (χ4v) is 1.96. The summed E-state index contributed by atoms with van der Waals surface area (Å²) in [7, 11) is 0. The Morgan fingerprint density at radius 1 is 1.38 bits per heavy atom. The van der Waals surface area contributed by atoms with Crippen molar-refractivity contribution >= 4 is 0 Å². The molecule has 0 aliphatic carbocycles. The average Bonchev–Trinajstić information content (AvgIpc) is 2.99. The maximum atomic E-state index is 3.42. The minimum absolute atomic E-state index is 0.742. The van der Waals surface area contributed by atoms with Crippen LogP contribution in [-0.4, -0.2) is 12.6 Å². The molecular formula is C12H17N. The molecule has 13 heavy (non-hydrogen) atoms. The van der Waals surface area contributed by atoms with Gasteiger partial charge in [0.2, 0.25) is 0 Å². The van der Waals surface area contributed by atoms with Gasteiger partial charge in [0.15, 0.2) is 0 Å². The topological polar surface area (TPSA) is 21.9 Å². The summed E-state index contributed by atoms with van der Waals surface area (Å²) in [6.45, 7) is 3.47. The average molecular weight is 175 g/mol. The smallest absolute Gasteiger partial charge is 0.0261 e. The maximum Gasteiger partial charge on any atom is 0.0261 e. The van der Waals surface area contributed by atoms with Gasteiger partial charge in [-0.1, -0.05) is 43.7 Å². The quantitative estimate of drug-likeness (QED) is 0.698. The van der Waals surface area contributed by atoms with Crippen LogP contribution in [0, 0.1) is 0 Å². The third kappa shape index (κ3) is 2.10. The van der Waals surface area contributed by atoms with Gasteiger partial charge in [-0.3, -0.25) is 0 Å². The van der Waals surface area contributed by atoms with Crippen LogP contribution < -0.4 is 5.32 Å². The SMILES string of the molecule is CCCC(c1ccccc1)C1CN1. The minimum Gasteiger partial charge on any atom is -0.311 e. The molecular weight excluding hydrogens is 158 g/mol. The Bertz CT molecular complexity index is 251. The summed E-state index contributed by atoms with van der Waals surface area (Å²) in [6, 6.07) is 11.6. The molecule has 0 bridgehead atoms. The first-order valence-corrected chi connectivity index (χ1v) is 5.20. The van der Waals surface area contributed by atoms with Gasteiger partial charge >= 0.3 is 0 Å². The normalized spacial score (nSPS) is 22.7. The Labute approximate surface area is 80.2 Å². The highest BCUT2D eigenvalue weighted by atomic mass is 15.1. The summed E-state index contributed by atoms with van der Waals surface area (Å²) in [6.07, 6.45) is 2.58. The molecule has 0 amide bonds. The van der Waals surface area contributed by atoms with E-state index >= 15 is 0 Å². The molecule has 1 aliphatic rings. The number of benzene rings is 1. The molecule has 1 nitrogen and oxygen atoms in total. The van der Waals surface area contributed by atoms with Gasteiger partial charge < -0.3 is 5.32 Å². The summed E-state index contributed by atoms with van der Waals surface area (Å²) in [5, 5.41) is 3.42. The van der Waals surface area contributed by atoms with E-state index in [1.807, 2.05) is 0 Å². The first-order valence-electron chi connectivity index (χ1n) is 5.20. The van der Waals surface area contributed by atoms with Crippen molar-refractivity contribution in [3.05, 3.63) is 35.9 Å². The number of rotatable bonds is 4. The van der Waals surface area contributed by atoms with Crippen LogP contribution in [0.15, 0.2) is 30.3 Å². The summed E-state index contributed by atoms with van der Waals surface area (Å²) >= 11 is 0. The molecule has 1 fully saturated rings. The zero-order chi connectivity index (χ0) is 9.10. The Kier molecular flexibility index (Phi) is 2.65. The van der Waals surface area contributed by atoms with Crippen LogP contribution in [0.4, 0.5) is 0 Å². The van der Waals surface area contributed by atoms with Crippen molar-refractivity contribution in [1.29, 1.82) is 0 Å².